The molecule has 0 aliphatic carbocycles. The van der Waals surface area contributed by atoms with Crippen LogP contribution >= 0.6 is 23.3 Å². The van der Waals surface area contributed by atoms with Crippen molar-refractivity contribution < 1.29 is 48.5 Å². The van der Waals surface area contributed by atoms with E-state index in [9.17, 15) is 34.2 Å². The number of aliphatic carboxylic acids is 2. The molecule has 1 fully saturated rings. The third kappa shape index (κ3) is 5.24. The molecule has 2 aliphatic heterocycles. The van der Waals surface area contributed by atoms with Crippen molar-refractivity contribution >= 4 is 63.9 Å². The molecule has 0 bridgehead atoms. The van der Waals surface area contributed by atoms with Crippen LogP contribution in [0.2, 0.25) is 0 Å². The molecule has 3 rings (SSSR count). The number of methoxy groups -OCH3 is 1. The van der Waals surface area contributed by atoms with E-state index in [1.54, 1.807) is 0 Å². The number of thioether (sulfide) groups is 1. The smallest absolute Gasteiger partial charge is 0.379 e. The van der Waals surface area contributed by atoms with Crippen LogP contribution in [0.5, 0.6) is 0 Å². The van der Waals surface area contributed by atoms with Crippen molar-refractivity contribution in [3.8, 4) is 0 Å². The zero-order chi connectivity index (χ0) is 26.8. The Morgan fingerprint density at radius 1 is 1.33 bits per heavy atom. The van der Waals surface area contributed by atoms with Crippen molar-refractivity contribution in [2.45, 2.75) is 31.1 Å². The summed E-state index contributed by atoms with van der Waals surface area (Å²) in [5.74, 6) is -7.74. The minimum Gasteiger partial charge on any atom is -0.477 e. The van der Waals surface area contributed by atoms with Gasteiger partial charge in [-0.25, -0.2) is 9.59 Å². The summed E-state index contributed by atoms with van der Waals surface area (Å²) >= 11 is 1.87. The molecule has 2 amide bonds. The second-order valence-corrected chi connectivity index (χ2v) is 9.23. The SMILES string of the molecule is COC(C)(O/N=C(\C(=O)N[C@@H]1C(=O)N2C(C(=O)O)=C(COC(C)=O)CS[C@@H]12)c1nsc(N)n1)C(=O)O. The Morgan fingerprint density at radius 2 is 2.03 bits per heavy atom. The van der Waals surface area contributed by atoms with Crippen molar-refractivity contribution in [1.82, 2.24) is 19.6 Å². The van der Waals surface area contributed by atoms with Gasteiger partial charge in [0.25, 0.3) is 11.8 Å². The van der Waals surface area contributed by atoms with Crippen LogP contribution in [0.3, 0.4) is 0 Å². The van der Waals surface area contributed by atoms with E-state index >= 15 is 0 Å². The van der Waals surface area contributed by atoms with E-state index in [1.807, 2.05) is 0 Å². The van der Waals surface area contributed by atoms with Crippen LogP contribution in [0, 0.1) is 0 Å². The second kappa shape index (κ2) is 10.5. The number of nitrogen functional groups attached to an aromatic ring is 1. The first-order chi connectivity index (χ1) is 16.9. The summed E-state index contributed by atoms with van der Waals surface area (Å²) in [6.07, 6.45) is 0. The number of hydrogen-bond donors (Lipinski definition) is 4. The summed E-state index contributed by atoms with van der Waals surface area (Å²) in [4.78, 5) is 69.9. The molecular weight excluding hydrogens is 524 g/mol. The van der Waals surface area contributed by atoms with Gasteiger partial charge in [0.1, 0.15) is 23.7 Å². The van der Waals surface area contributed by atoms with Gasteiger partial charge in [0.05, 0.1) is 0 Å². The number of β-lactam (4-membered cyclic amide) rings is 1. The summed E-state index contributed by atoms with van der Waals surface area (Å²) in [7, 11) is 1.05. The number of carboxylic acids is 2. The van der Waals surface area contributed by atoms with E-state index < -0.39 is 52.6 Å². The maximum absolute atomic E-state index is 13.0. The maximum atomic E-state index is 13.0. The van der Waals surface area contributed by atoms with Crippen LogP contribution in [0.25, 0.3) is 0 Å². The molecule has 194 valence electrons. The maximum Gasteiger partial charge on any atom is 0.379 e. The molecule has 0 saturated carbocycles. The standard InChI is InChI=1S/C18H20N6O10S2/c1-6(25)33-4-7-5-35-14-9(13(27)24(14)10(7)15(28)29)20-12(26)8(11-21-17(19)36-23-11)22-34-18(2,32-3)16(30)31/h9,14H,4-5H2,1-3H3,(H,20,26)(H,28,29)(H,30,31)(H2,19,21,23)/b22-8-/t9-,14+,18?/m1/s1. The predicted molar refractivity (Wildman–Crippen MR) is 121 cm³/mol. The molecule has 16 nitrogen and oxygen atoms in total. The molecule has 3 atom stereocenters. The van der Waals surface area contributed by atoms with Gasteiger partial charge in [-0.1, -0.05) is 5.16 Å². The highest BCUT2D eigenvalue weighted by Crippen LogP contribution is 2.40. The van der Waals surface area contributed by atoms with E-state index in [2.05, 4.69) is 19.8 Å². The molecule has 1 saturated heterocycles. The molecular formula is C18H20N6O10S2. The van der Waals surface area contributed by atoms with E-state index in [0.717, 1.165) is 42.2 Å². The van der Waals surface area contributed by atoms with Crippen LogP contribution in [0.4, 0.5) is 5.13 Å². The highest BCUT2D eigenvalue weighted by molar-refractivity contribution is 8.00. The number of hydrogen-bond acceptors (Lipinski definition) is 14. The molecule has 1 aromatic rings. The predicted octanol–water partition coefficient (Wildman–Crippen LogP) is -1.41. The van der Waals surface area contributed by atoms with Crippen molar-refractivity contribution in [2.24, 2.45) is 5.16 Å². The number of oxime groups is 1. The summed E-state index contributed by atoms with van der Waals surface area (Å²) < 4.78 is 13.5. The number of aromatic nitrogens is 2. The van der Waals surface area contributed by atoms with Crippen LogP contribution < -0.4 is 11.1 Å². The number of nitrogens with zero attached hydrogens (tertiary/aromatic N) is 4. The topological polar surface area (TPSA) is 233 Å². The molecule has 0 spiro atoms. The largest absolute Gasteiger partial charge is 0.477 e. The minimum atomic E-state index is -2.26. The van der Waals surface area contributed by atoms with Gasteiger partial charge in [-0.3, -0.25) is 19.3 Å². The average Bonchev–Trinajstić information content (AvgIpc) is 3.25. The van der Waals surface area contributed by atoms with Crippen LogP contribution in [-0.4, -0.2) is 96.6 Å². The summed E-state index contributed by atoms with van der Waals surface area (Å²) in [5, 5.41) is 24.1. The first kappa shape index (κ1) is 26.8. The van der Waals surface area contributed by atoms with Crippen molar-refractivity contribution in [2.75, 3.05) is 25.2 Å². The Morgan fingerprint density at radius 3 is 2.56 bits per heavy atom. The molecule has 18 heteroatoms. The quantitative estimate of drug-likeness (QED) is 0.0871. The molecule has 0 radical (unpaired) electrons. The van der Waals surface area contributed by atoms with Gasteiger partial charge in [-0.05, 0) is 0 Å². The molecule has 1 aromatic heterocycles. The number of fused-ring (bicyclic) bond motifs is 1. The second-order valence-electron chi connectivity index (χ2n) is 7.34. The fourth-order valence-electron chi connectivity index (χ4n) is 3.00. The monoisotopic (exact) mass is 544 g/mol. The van der Waals surface area contributed by atoms with E-state index in [0.29, 0.717) is 0 Å². The normalized spacial score (nSPS) is 21.1. The lowest BCUT2D eigenvalue weighted by Crippen LogP contribution is -2.71. The van der Waals surface area contributed by atoms with Crippen molar-refractivity contribution in [3.05, 3.63) is 17.1 Å². The summed E-state index contributed by atoms with van der Waals surface area (Å²) in [5.41, 5.74) is 4.86. The van der Waals surface area contributed by atoms with Gasteiger partial charge in [0.2, 0.25) is 11.5 Å². The first-order valence-electron chi connectivity index (χ1n) is 9.88. The Hall–Kier alpha value is -3.77. The summed E-state index contributed by atoms with van der Waals surface area (Å²) in [6, 6.07) is -1.17. The van der Waals surface area contributed by atoms with Crippen LogP contribution in [0.15, 0.2) is 16.4 Å². The Bertz CT molecular complexity index is 1180. The zero-order valence-electron chi connectivity index (χ0n) is 18.9. The molecule has 0 aromatic carbocycles. The average molecular weight is 545 g/mol. The van der Waals surface area contributed by atoms with Crippen molar-refractivity contribution in [3.63, 3.8) is 0 Å². The van der Waals surface area contributed by atoms with Gasteiger partial charge in [0, 0.05) is 43.8 Å². The van der Waals surface area contributed by atoms with Crippen molar-refractivity contribution in [1.29, 1.82) is 0 Å². The lowest BCUT2D eigenvalue weighted by Gasteiger charge is -2.49. The number of carbonyl (C=O) groups excluding carboxylic acids is 3. The summed E-state index contributed by atoms with van der Waals surface area (Å²) in [6.45, 7) is 1.90. The number of rotatable bonds is 10. The number of nitrogens with two attached hydrogens (primary N) is 1. The fraction of sp³-hybridized carbons (Fsp3) is 0.444. The number of nitrogens with one attached hydrogen (secondary N) is 1. The highest BCUT2D eigenvalue weighted by Gasteiger charge is 2.54. The fourth-order valence-corrected chi connectivity index (χ4v) is 4.77. The van der Waals surface area contributed by atoms with Crippen LogP contribution in [0.1, 0.15) is 19.7 Å². The van der Waals surface area contributed by atoms with Crippen LogP contribution in [-0.2, 0) is 38.3 Å². The first-order valence-corrected chi connectivity index (χ1v) is 11.7. The van der Waals surface area contributed by atoms with Gasteiger partial charge in [-0.2, -0.15) is 9.36 Å². The van der Waals surface area contributed by atoms with E-state index in [1.165, 1.54) is 6.92 Å². The van der Waals surface area contributed by atoms with E-state index in [-0.39, 0.29) is 34.6 Å². The number of amides is 2. The number of esters is 1. The van der Waals surface area contributed by atoms with Gasteiger partial charge in [-0.15, -0.1) is 11.8 Å². The molecule has 2 aliphatic rings. The molecule has 36 heavy (non-hydrogen) atoms. The van der Waals surface area contributed by atoms with Gasteiger partial charge >= 0.3 is 23.7 Å². The Kier molecular flexibility index (Phi) is 7.80. The third-order valence-corrected chi connectivity index (χ3v) is 6.83. The lowest BCUT2D eigenvalue weighted by atomic mass is 10.0. The molecule has 5 N–H and O–H groups in total. The molecule has 1 unspecified atom stereocenters. The zero-order valence-corrected chi connectivity index (χ0v) is 20.5. The third-order valence-electron chi connectivity index (χ3n) is 4.94. The highest BCUT2D eigenvalue weighted by atomic mass is 32.2. The number of carbonyl (C=O) groups is 5. The Balaban J connectivity index is 1.83. The van der Waals surface area contributed by atoms with Gasteiger partial charge in [0.15, 0.2) is 5.13 Å². The number of anilines is 1. The number of carboxylic acid groups (broad SMARTS) is 2. The van der Waals surface area contributed by atoms with E-state index in [4.69, 9.17) is 20.0 Å². The van der Waals surface area contributed by atoms with Gasteiger partial charge < -0.3 is 35.6 Å². The minimum absolute atomic E-state index is 0.0245. The Labute approximate surface area is 210 Å². The molecule has 3 heterocycles. The number of ether oxygens (including phenoxy) is 2. The lowest BCUT2D eigenvalue weighted by molar-refractivity contribution is -0.227.